The molecule has 2 aliphatic heterocycles. The van der Waals surface area contributed by atoms with Crippen molar-refractivity contribution in [1.29, 1.82) is 0 Å². The number of hydrogen-bond donors (Lipinski definition) is 1. The lowest BCUT2D eigenvalue weighted by atomic mass is 10.1. The predicted octanol–water partition coefficient (Wildman–Crippen LogP) is 1.93. The maximum absolute atomic E-state index is 5.94. The Kier molecular flexibility index (Phi) is 9.23. The minimum atomic E-state index is 0. The molecule has 0 aromatic carbocycles. The van der Waals surface area contributed by atoms with Crippen LogP contribution in [0, 0.1) is 0 Å². The molecule has 1 N–H and O–H groups in total. The fourth-order valence-electron chi connectivity index (χ4n) is 4.19. The van der Waals surface area contributed by atoms with Crippen LogP contribution in [0.2, 0.25) is 0 Å². The summed E-state index contributed by atoms with van der Waals surface area (Å²) >= 11 is 0. The maximum atomic E-state index is 5.94. The van der Waals surface area contributed by atoms with Crippen LogP contribution in [-0.2, 0) is 9.47 Å². The summed E-state index contributed by atoms with van der Waals surface area (Å²) in [7, 11) is 4.13. The van der Waals surface area contributed by atoms with Gasteiger partial charge in [-0.15, -0.1) is 24.0 Å². The van der Waals surface area contributed by atoms with Crippen LogP contribution in [0.3, 0.4) is 0 Å². The summed E-state index contributed by atoms with van der Waals surface area (Å²) in [6.07, 6.45) is 8.22. The molecule has 0 bridgehead atoms. The molecule has 2 heterocycles. The first-order valence-corrected chi connectivity index (χ1v) is 9.67. The lowest BCUT2D eigenvalue weighted by Gasteiger charge is -2.37. The van der Waals surface area contributed by atoms with Crippen LogP contribution < -0.4 is 5.32 Å². The normalized spacial score (nSPS) is 28.4. The van der Waals surface area contributed by atoms with Gasteiger partial charge in [0.1, 0.15) is 6.10 Å². The van der Waals surface area contributed by atoms with Gasteiger partial charge in [-0.25, -0.2) is 0 Å². The van der Waals surface area contributed by atoms with Crippen molar-refractivity contribution in [2.24, 2.45) is 4.99 Å². The number of rotatable bonds is 5. The monoisotopic (exact) mass is 466 g/mol. The third-order valence-electron chi connectivity index (χ3n) is 5.68. The topological polar surface area (TPSA) is 49.3 Å². The zero-order valence-corrected chi connectivity index (χ0v) is 18.1. The van der Waals surface area contributed by atoms with Gasteiger partial charge in [-0.1, -0.05) is 12.8 Å². The first-order chi connectivity index (χ1) is 11.8. The highest BCUT2D eigenvalue weighted by molar-refractivity contribution is 14.0. The Bertz CT molecular complexity index is 412. The van der Waals surface area contributed by atoms with Gasteiger partial charge in [0.05, 0.1) is 12.7 Å². The van der Waals surface area contributed by atoms with E-state index in [1.54, 1.807) is 0 Å². The van der Waals surface area contributed by atoms with Crippen LogP contribution >= 0.6 is 24.0 Å². The van der Waals surface area contributed by atoms with E-state index in [9.17, 15) is 0 Å². The van der Waals surface area contributed by atoms with E-state index in [0.29, 0.717) is 0 Å². The molecule has 1 aliphatic carbocycles. The quantitative estimate of drug-likeness (QED) is 0.381. The van der Waals surface area contributed by atoms with E-state index >= 15 is 0 Å². The molecule has 3 aliphatic rings. The highest BCUT2D eigenvalue weighted by Gasteiger charge is 2.32. The van der Waals surface area contributed by atoms with E-state index in [4.69, 9.17) is 9.47 Å². The van der Waals surface area contributed by atoms with Crippen molar-refractivity contribution < 1.29 is 9.47 Å². The smallest absolute Gasteiger partial charge is 0.193 e. The van der Waals surface area contributed by atoms with E-state index in [1.807, 2.05) is 7.05 Å². The Morgan fingerprint density at radius 2 is 1.88 bits per heavy atom. The van der Waals surface area contributed by atoms with E-state index in [0.717, 1.165) is 64.2 Å². The molecule has 1 saturated carbocycles. The Morgan fingerprint density at radius 1 is 1.12 bits per heavy atom. The van der Waals surface area contributed by atoms with E-state index < -0.39 is 0 Å². The Morgan fingerprint density at radius 3 is 2.56 bits per heavy atom. The third-order valence-corrected chi connectivity index (χ3v) is 5.68. The molecule has 3 rings (SSSR count). The summed E-state index contributed by atoms with van der Waals surface area (Å²) in [5.74, 6) is 1.00. The molecule has 0 amide bonds. The second-order valence-electron chi connectivity index (χ2n) is 7.30. The van der Waals surface area contributed by atoms with Crippen molar-refractivity contribution in [1.82, 2.24) is 15.1 Å². The second-order valence-corrected chi connectivity index (χ2v) is 7.30. The number of guanidine groups is 1. The van der Waals surface area contributed by atoms with Crippen molar-refractivity contribution in [3.05, 3.63) is 0 Å². The molecule has 0 aromatic rings. The van der Waals surface area contributed by atoms with Crippen LogP contribution in [-0.4, -0.2) is 87.5 Å². The van der Waals surface area contributed by atoms with Gasteiger partial charge in [0.25, 0.3) is 0 Å². The Hall–Kier alpha value is -0.120. The molecule has 146 valence electrons. The van der Waals surface area contributed by atoms with Crippen LogP contribution in [0.15, 0.2) is 4.99 Å². The van der Waals surface area contributed by atoms with Crippen LogP contribution in [0.4, 0.5) is 0 Å². The molecule has 0 aromatic heterocycles. The zero-order valence-electron chi connectivity index (χ0n) is 15.8. The first kappa shape index (κ1) is 21.2. The highest BCUT2D eigenvalue weighted by Crippen LogP contribution is 2.22. The highest BCUT2D eigenvalue weighted by atomic mass is 127. The SMILES string of the molecule is CN=C(NCCN(C)C1CCCC1)N1CCOC(C2CCCO2)C1.I. The summed E-state index contributed by atoms with van der Waals surface area (Å²) in [5.41, 5.74) is 0. The summed E-state index contributed by atoms with van der Waals surface area (Å²) in [5, 5.41) is 3.54. The zero-order chi connectivity index (χ0) is 16.8. The van der Waals surface area contributed by atoms with Gasteiger partial charge in [0, 0.05) is 45.9 Å². The summed E-state index contributed by atoms with van der Waals surface area (Å²) in [6, 6.07) is 0.779. The van der Waals surface area contributed by atoms with Crippen LogP contribution in [0.1, 0.15) is 38.5 Å². The second kappa shape index (κ2) is 10.9. The van der Waals surface area contributed by atoms with E-state index in [-0.39, 0.29) is 36.2 Å². The summed E-state index contributed by atoms with van der Waals surface area (Å²) in [4.78, 5) is 9.31. The number of nitrogens with zero attached hydrogens (tertiary/aromatic N) is 3. The predicted molar refractivity (Wildman–Crippen MR) is 112 cm³/mol. The van der Waals surface area contributed by atoms with Gasteiger partial charge in [0.15, 0.2) is 5.96 Å². The molecule has 0 spiro atoms. The van der Waals surface area contributed by atoms with Gasteiger partial charge in [-0.2, -0.15) is 0 Å². The van der Waals surface area contributed by atoms with E-state index in [2.05, 4.69) is 27.2 Å². The number of hydrogen-bond acceptors (Lipinski definition) is 4. The average Bonchev–Trinajstić information content (AvgIpc) is 3.32. The number of morpholine rings is 1. The largest absolute Gasteiger partial charge is 0.375 e. The number of aliphatic imine (C=N–C) groups is 1. The molecule has 3 fully saturated rings. The molecule has 25 heavy (non-hydrogen) atoms. The molecular weight excluding hydrogens is 431 g/mol. The number of likely N-dealkylation sites (N-methyl/N-ethyl adjacent to an activating group) is 1. The lowest BCUT2D eigenvalue weighted by Crippen LogP contribution is -2.54. The average molecular weight is 466 g/mol. The van der Waals surface area contributed by atoms with Crippen LogP contribution in [0.5, 0.6) is 0 Å². The van der Waals surface area contributed by atoms with Crippen LogP contribution in [0.25, 0.3) is 0 Å². The molecule has 2 atom stereocenters. The summed E-state index contributed by atoms with van der Waals surface area (Å²) in [6.45, 7) is 5.44. The van der Waals surface area contributed by atoms with Crippen molar-refractivity contribution in [2.75, 3.05) is 53.5 Å². The minimum Gasteiger partial charge on any atom is -0.375 e. The van der Waals surface area contributed by atoms with Crippen molar-refractivity contribution in [2.45, 2.75) is 56.8 Å². The van der Waals surface area contributed by atoms with Gasteiger partial charge in [-0.05, 0) is 32.7 Å². The van der Waals surface area contributed by atoms with Crippen molar-refractivity contribution in [3.8, 4) is 0 Å². The third kappa shape index (κ3) is 5.94. The summed E-state index contributed by atoms with van der Waals surface area (Å²) < 4.78 is 11.7. The molecule has 2 saturated heterocycles. The molecular formula is C18H35IN4O2. The Balaban J connectivity index is 0.00000225. The standard InChI is InChI=1S/C18H34N4O2.HI/c1-19-18(20-9-10-21(2)15-6-3-4-7-15)22-11-13-24-17(14-22)16-8-5-12-23-16;/h15-17H,3-14H2,1-2H3,(H,19,20);1H. The molecule has 0 radical (unpaired) electrons. The molecule has 6 nitrogen and oxygen atoms in total. The maximum Gasteiger partial charge on any atom is 0.193 e. The molecule has 2 unspecified atom stereocenters. The lowest BCUT2D eigenvalue weighted by molar-refractivity contribution is -0.0817. The fourth-order valence-corrected chi connectivity index (χ4v) is 4.19. The molecule has 7 heteroatoms. The minimum absolute atomic E-state index is 0. The van der Waals surface area contributed by atoms with Gasteiger partial charge in [-0.3, -0.25) is 4.99 Å². The van der Waals surface area contributed by atoms with Crippen molar-refractivity contribution in [3.63, 3.8) is 0 Å². The first-order valence-electron chi connectivity index (χ1n) is 9.67. The van der Waals surface area contributed by atoms with E-state index in [1.165, 1.54) is 25.7 Å². The number of nitrogens with one attached hydrogen (secondary N) is 1. The fraction of sp³-hybridized carbons (Fsp3) is 0.944. The van der Waals surface area contributed by atoms with Gasteiger partial charge in [0.2, 0.25) is 0 Å². The van der Waals surface area contributed by atoms with Gasteiger partial charge < -0.3 is 24.6 Å². The van der Waals surface area contributed by atoms with Crippen molar-refractivity contribution >= 4 is 29.9 Å². The number of halogens is 1. The number of ether oxygens (including phenoxy) is 2. The van der Waals surface area contributed by atoms with Gasteiger partial charge >= 0.3 is 0 Å². The Labute approximate surface area is 169 Å².